The minimum atomic E-state index is -0.105. The van der Waals surface area contributed by atoms with Crippen molar-refractivity contribution in [2.75, 3.05) is 32.7 Å². The fraction of sp³-hybridized carbons (Fsp3) is 0.824. The van der Waals surface area contributed by atoms with E-state index >= 15 is 0 Å². The normalized spacial score (nSPS) is 25.7. The number of likely N-dealkylation sites (tertiary alicyclic amines) is 2. The zero-order chi connectivity index (χ0) is 15.5. The van der Waals surface area contributed by atoms with E-state index in [9.17, 15) is 5.11 Å². The summed E-state index contributed by atoms with van der Waals surface area (Å²) >= 11 is 0. The molecule has 1 N–H and O–H groups in total. The summed E-state index contributed by atoms with van der Waals surface area (Å²) in [4.78, 5) is 5.07. The lowest BCUT2D eigenvalue weighted by Crippen LogP contribution is -2.49. The number of aliphatic hydroxyl groups is 1. The summed E-state index contributed by atoms with van der Waals surface area (Å²) in [5.41, 5.74) is 2.32. The maximum absolute atomic E-state index is 9.84. The zero-order valence-corrected chi connectivity index (χ0v) is 13.9. The van der Waals surface area contributed by atoms with Crippen LogP contribution in [-0.2, 0) is 6.42 Å². The summed E-state index contributed by atoms with van der Waals surface area (Å²) in [7, 11) is 0. The third-order valence-corrected chi connectivity index (χ3v) is 5.36. The molecule has 0 aliphatic carbocycles. The molecule has 2 aliphatic heterocycles. The first-order valence-electron chi connectivity index (χ1n) is 8.69. The second kappa shape index (κ2) is 7.11. The van der Waals surface area contributed by atoms with E-state index in [1.807, 2.05) is 13.8 Å². The molecule has 2 fully saturated rings. The molecule has 0 amide bonds. The molecule has 5 nitrogen and oxygen atoms in total. The maximum Gasteiger partial charge on any atom is 0.137 e. The van der Waals surface area contributed by atoms with Gasteiger partial charge in [0.15, 0.2) is 0 Å². The van der Waals surface area contributed by atoms with E-state index in [1.165, 1.54) is 38.0 Å². The minimum Gasteiger partial charge on any atom is -0.392 e. The highest BCUT2D eigenvalue weighted by Crippen LogP contribution is 2.22. The molecule has 1 aromatic heterocycles. The lowest BCUT2D eigenvalue weighted by Gasteiger charge is -2.41. The van der Waals surface area contributed by atoms with Crippen molar-refractivity contribution < 1.29 is 9.63 Å². The van der Waals surface area contributed by atoms with Crippen molar-refractivity contribution in [2.24, 2.45) is 0 Å². The Bertz CT molecular complexity index is 461. The topological polar surface area (TPSA) is 52.7 Å². The molecule has 22 heavy (non-hydrogen) atoms. The second-order valence-electron chi connectivity index (χ2n) is 6.92. The van der Waals surface area contributed by atoms with E-state index in [1.54, 1.807) is 0 Å². The summed E-state index contributed by atoms with van der Waals surface area (Å²) in [6, 6.07) is 0.672. The predicted octanol–water partition coefficient (Wildman–Crippen LogP) is 1.76. The molecule has 5 heteroatoms. The molecular weight excluding hydrogens is 278 g/mol. The van der Waals surface area contributed by atoms with Gasteiger partial charge in [0.1, 0.15) is 5.76 Å². The van der Waals surface area contributed by atoms with Gasteiger partial charge in [-0.3, -0.25) is 4.90 Å². The van der Waals surface area contributed by atoms with Gasteiger partial charge in [0.2, 0.25) is 0 Å². The third kappa shape index (κ3) is 3.70. The molecule has 3 heterocycles. The van der Waals surface area contributed by atoms with Crippen molar-refractivity contribution in [1.82, 2.24) is 15.0 Å². The van der Waals surface area contributed by atoms with Gasteiger partial charge in [-0.15, -0.1) is 0 Å². The number of aromatic nitrogens is 1. The van der Waals surface area contributed by atoms with E-state index in [0.29, 0.717) is 6.04 Å². The van der Waals surface area contributed by atoms with Crippen LogP contribution in [-0.4, -0.2) is 64.9 Å². The van der Waals surface area contributed by atoms with E-state index in [2.05, 4.69) is 15.0 Å². The largest absolute Gasteiger partial charge is 0.392 e. The maximum atomic E-state index is 9.84. The van der Waals surface area contributed by atoms with Crippen molar-refractivity contribution in [1.29, 1.82) is 0 Å². The van der Waals surface area contributed by atoms with Gasteiger partial charge >= 0.3 is 0 Å². The highest BCUT2D eigenvalue weighted by molar-refractivity contribution is 5.21. The number of piperidine rings is 2. The Kier molecular flexibility index (Phi) is 5.16. The minimum absolute atomic E-state index is 0.105. The Morgan fingerprint density at radius 2 is 1.95 bits per heavy atom. The van der Waals surface area contributed by atoms with E-state index < -0.39 is 0 Å². The summed E-state index contributed by atoms with van der Waals surface area (Å²) in [6.45, 7) is 9.51. The second-order valence-corrected chi connectivity index (χ2v) is 6.92. The number of aryl methyl sites for hydroxylation is 2. The highest BCUT2D eigenvalue weighted by atomic mass is 16.5. The molecule has 3 rings (SSSR count). The number of β-amino-alcohol motifs (C(OH)–C–C–N with tert-alkyl or cyclic N) is 1. The van der Waals surface area contributed by atoms with Crippen LogP contribution in [0.2, 0.25) is 0 Å². The lowest BCUT2D eigenvalue weighted by molar-refractivity contribution is 0.0254. The van der Waals surface area contributed by atoms with Crippen LogP contribution in [0.1, 0.15) is 42.7 Å². The van der Waals surface area contributed by atoms with Gasteiger partial charge in [0.05, 0.1) is 11.8 Å². The summed E-state index contributed by atoms with van der Waals surface area (Å²) in [5.74, 6) is 0.967. The van der Waals surface area contributed by atoms with E-state index in [0.717, 1.165) is 43.8 Å². The van der Waals surface area contributed by atoms with Crippen molar-refractivity contribution in [2.45, 2.75) is 58.1 Å². The van der Waals surface area contributed by atoms with Crippen molar-refractivity contribution >= 4 is 0 Å². The Hall–Kier alpha value is -0.910. The van der Waals surface area contributed by atoms with E-state index in [-0.39, 0.29) is 6.10 Å². The molecular formula is C17H29N3O2. The fourth-order valence-electron chi connectivity index (χ4n) is 3.95. The highest BCUT2D eigenvalue weighted by Gasteiger charge is 2.28. The average Bonchev–Trinajstić information content (AvgIpc) is 2.84. The predicted molar refractivity (Wildman–Crippen MR) is 86.0 cm³/mol. The number of nitrogens with zero attached hydrogens (tertiary/aromatic N) is 3. The molecule has 0 bridgehead atoms. The summed E-state index contributed by atoms with van der Waals surface area (Å²) < 4.78 is 5.24. The number of aliphatic hydroxyl groups excluding tert-OH is 1. The first kappa shape index (κ1) is 16.0. The van der Waals surface area contributed by atoms with Crippen LogP contribution in [0.5, 0.6) is 0 Å². The molecule has 0 aromatic carbocycles. The number of rotatable bonds is 4. The van der Waals surface area contributed by atoms with Crippen molar-refractivity contribution in [3.05, 3.63) is 17.0 Å². The molecule has 0 spiro atoms. The average molecular weight is 307 g/mol. The van der Waals surface area contributed by atoms with Crippen LogP contribution in [0, 0.1) is 13.8 Å². The van der Waals surface area contributed by atoms with Gasteiger partial charge in [0, 0.05) is 24.7 Å². The zero-order valence-electron chi connectivity index (χ0n) is 13.9. The quantitative estimate of drug-likeness (QED) is 0.918. The molecule has 124 valence electrons. The first-order valence-corrected chi connectivity index (χ1v) is 8.69. The van der Waals surface area contributed by atoms with Gasteiger partial charge in [-0.1, -0.05) is 5.16 Å². The Morgan fingerprint density at radius 1 is 1.18 bits per heavy atom. The number of hydrogen-bond acceptors (Lipinski definition) is 5. The Balaban J connectivity index is 1.44. The van der Waals surface area contributed by atoms with Crippen LogP contribution in [0.25, 0.3) is 0 Å². The monoisotopic (exact) mass is 307 g/mol. The van der Waals surface area contributed by atoms with Crippen molar-refractivity contribution in [3.63, 3.8) is 0 Å². The van der Waals surface area contributed by atoms with Gasteiger partial charge in [-0.25, -0.2) is 0 Å². The lowest BCUT2D eigenvalue weighted by atomic mass is 9.98. The molecule has 0 saturated carbocycles. The van der Waals surface area contributed by atoms with Gasteiger partial charge in [0.25, 0.3) is 0 Å². The molecule has 1 atom stereocenters. The Labute approximate surface area is 133 Å². The van der Waals surface area contributed by atoms with Crippen LogP contribution in [0.4, 0.5) is 0 Å². The van der Waals surface area contributed by atoms with E-state index in [4.69, 9.17) is 4.52 Å². The smallest absolute Gasteiger partial charge is 0.137 e. The molecule has 1 aromatic rings. The number of hydrogen-bond donors (Lipinski definition) is 1. The molecule has 2 aliphatic rings. The molecule has 0 radical (unpaired) electrons. The van der Waals surface area contributed by atoms with Gasteiger partial charge < -0.3 is 14.5 Å². The van der Waals surface area contributed by atoms with Crippen LogP contribution in [0.15, 0.2) is 4.52 Å². The standard InChI is InChI=1S/C17H29N3O2/c1-13-17(14(2)22-18-13)7-11-19-9-5-15(6-10-19)20-8-3-4-16(21)12-20/h15-16,21H,3-12H2,1-2H3/t16-/m0/s1. The van der Waals surface area contributed by atoms with Gasteiger partial charge in [-0.2, -0.15) is 0 Å². The SMILES string of the molecule is Cc1noc(C)c1CCN1CCC(N2CCC[C@H](O)C2)CC1. The van der Waals surface area contributed by atoms with Gasteiger partial charge in [-0.05, 0) is 65.6 Å². The van der Waals surface area contributed by atoms with Crippen LogP contribution >= 0.6 is 0 Å². The summed E-state index contributed by atoms with van der Waals surface area (Å²) in [5, 5.41) is 13.9. The molecule has 2 saturated heterocycles. The van der Waals surface area contributed by atoms with Crippen LogP contribution in [0.3, 0.4) is 0 Å². The Morgan fingerprint density at radius 3 is 2.59 bits per heavy atom. The first-order chi connectivity index (χ1) is 10.6. The van der Waals surface area contributed by atoms with Crippen LogP contribution < -0.4 is 0 Å². The van der Waals surface area contributed by atoms with Crippen molar-refractivity contribution in [3.8, 4) is 0 Å². The summed E-state index contributed by atoms with van der Waals surface area (Å²) in [6.07, 6.45) is 5.52. The fourth-order valence-corrected chi connectivity index (χ4v) is 3.95. The third-order valence-electron chi connectivity index (χ3n) is 5.36. The molecule has 0 unspecified atom stereocenters.